The average molecular weight is 278 g/mol. The molecule has 114 valence electrons. The Kier molecular flexibility index (Phi) is 9.32. The third-order valence-electron chi connectivity index (χ3n) is 3.07. The summed E-state index contributed by atoms with van der Waals surface area (Å²) in [5.74, 6) is 0. The molecule has 0 aromatic heterocycles. The van der Waals surface area contributed by atoms with E-state index in [4.69, 9.17) is 28.4 Å². The fourth-order valence-electron chi connectivity index (χ4n) is 2.02. The lowest BCUT2D eigenvalue weighted by Crippen LogP contribution is -2.36. The molecule has 1 heterocycles. The highest BCUT2D eigenvalue weighted by atomic mass is 16.6. The summed E-state index contributed by atoms with van der Waals surface area (Å²) in [4.78, 5) is 0. The zero-order chi connectivity index (χ0) is 13.9. The summed E-state index contributed by atoms with van der Waals surface area (Å²) in [6.07, 6.45) is 0.767. The summed E-state index contributed by atoms with van der Waals surface area (Å²) in [6.45, 7) is 3.62. The van der Waals surface area contributed by atoms with Crippen molar-refractivity contribution in [3.8, 4) is 0 Å². The Labute approximate surface area is 115 Å². The first kappa shape index (κ1) is 16.8. The first-order chi connectivity index (χ1) is 9.33. The molecule has 1 saturated heterocycles. The van der Waals surface area contributed by atoms with Crippen LogP contribution in [0.4, 0.5) is 0 Å². The van der Waals surface area contributed by atoms with Crippen LogP contribution in [0.15, 0.2) is 0 Å². The van der Waals surface area contributed by atoms with Crippen LogP contribution in [0.3, 0.4) is 0 Å². The lowest BCUT2D eigenvalue weighted by atomic mass is 10.1. The van der Waals surface area contributed by atoms with Gasteiger partial charge in [0.05, 0.1) is 26.4 Å². The first-order valence-corrected chi connectivity index (χ1v) is 6.65. The standard InChI is InChI=1S/C13H26O6/c1-14-5-4-6-17-7-8-18-9-12-13(16-3)11(15-2)10-19-12/h11-13H,4-10H2,1-3H3/t11-,12-,13-/m1/s1. The molecular formula is C13H26O6. The zero-order valence-electron chi connectivity index (χ0n) is 12.1. The third kappa shape index (κ3) is 6.16. The predicted molar refractivity (Wildman–Crippen MR) is 69.5 cm³/mol. The van der Waals surface area contributed by atoms with Gasteiger partial charge in [-0.15, -0.1) is 0 Å². The Morgan fingerprint density at radius 3 is 2.42 bits per heavy atom. The molecule has 1 fully saturated rings. The van der Waals surface area contributed by atoms with Crippen LogP contribution in [0.2, 0.25) is 0 Å². The Morgan fingerprint density at radius 1 is 0.947 bits per heavy atom. The van der Waals surface area contributed by atoms with Crippen LogP contribution < -0.4 is 0 Å². The second kappa shape index (κ2) is 10.5. The molecule has 6 heteroatoms. The smallest absolute Gasteiger partial charge is 0.114 e. The SMILES string of the molecule is COCCCOCCOC[C@H]1OC[C@@H](OC)[C@H]1OC. The molecule has 0 radical (unpaired) electrons. The van der Waals surface area contributed by atoms with Gasteiger partial charge in [0, 0.05) is 34.5 Å². The number of rotatable bonds is 11. The van der Waals surface area contributed by atoms with Crippen molar-refractivity contribution in [2.45, 2.75) is 24.7 Å². The van der Waals surface area contributed by atoms with E-state index < -0.39 is 0 Å². The minimum Gasteiger partial charge on any atom is -0.385 e. The Hall–Kier alpha value is -0.240. The molecular weight excluding hydrogens is 252 g/mol. The van der Waals surface area contributed by atoms with Crippen molar-refractivity contribution < 1.29 is 28.4 Å². The molecule has 6 nitrogen and oxygen atoms in total. The van der Waals surface area contributed by atoms with Crippen LogP contribution >= 0.6 is 0 Å². The van der Waals surface area contributed by atoms with Gasteiger partial charge in [0.1, 0.15) is 18.3 Å². The van der Waals surface area contributed by atoms with Gasteiger partial charge < -0.3 is 28.4 Å². The number of ether oxygens (including phenoxy) is 6. The fourth-order valence-corrected chi connectivity index (χ4v) is 2.02. The zero-order valence-corrected chi connectivity index (χ0v) is 12.1. The largest absolute Gasteiger partial charge is 0.385 e. The maximum atomic E-state index is 5.59. The number of hydrogen-bond acceptors (Lipinski definition) is 6. The highest BCUT2D eigenvalue weighted by Gasteiger charge is 2.37. The number of hydrogen-bond donors (Lipinski definition) is 0. The second-order valence-corrected chi connectivity index (χ2v) is 4.38. The average Bonchev–Trinajstić information content (AvgIpc) is 2.83. The summed E-state index contributed by atoms with van der Waals surface area (Å²) in [5, 5.41) is 0. The van der Waals surface area contributed by atoms with Gasteiger partial charge in [-0.1, -0.05) is 0 Å². The van der Waals surface area contributed by atoms with E-state index in [2.05, 4.69) is 0 Å². The predicted octanol–water partition coefficient (Wildman–Crippen LogP) is 0.485. The molecule has 0 spiro atoms. The van der Waals surface area contributed by atoms with Crippen molar-refractivity contribution in [1.82, 2.24) is 0 Å². The molecule has 0 aromatic rings. The third-order valence-corrected chi connectivity index (χ3v) is 3.07. The van der Waals surface area contributed by atoms with Gasteiger partial charge in [-0.2, -0.15) is 0 Å². The maximum Gasteiger partial charge on any atom is 0.114 e. The Morgan fingerprint density at radius 2 is 1.74 bits per heavy atom. The van der Waals surface area contributed by atoms with E-state index in [9.17, 15) is 0 Å². The van der Waals surface area contributed by atoms with Crippen molar-refractivity contribution in [2.75, 3.05) is 61.0 Å². The van der Waals surface area contributed by atoms with Crippen LogP contribution in [0.5, 0.6) is 0 Å². The van der Waals surface area contributed by atoms with E-state index in [-0.39, 0.29) is 18.3 Å². The molecule has 0 amide bonds. The van der Waals surface area contributed by atoms with Crippen LogP contribution in [0.25, 0.3) is 0 Å². The molecule has 0 bridgehead atoms. The molecule has 1 aliphatic heterocycles. The summed E-state index contributed by atoms with van der Waals surface area (Å²) in [6, 6.07) is 0. The fraction of sp³-hybridized carbons (Fsp3) is 1.00. The summed E-state index contributed by atoms with van der Waals surface area (Å²) < 4.78 is 32.1. The van der Waals surface area contributed by atoms with Gasteiger partial charge >= 0.3 is 0 Å². The topological polar surface area (TPSA) is 55.4 Å². The minimum absolute atomic E-state index is 0.0103. The summed E-state index contributed by atoms with van der Waals surface area (Å²) >= 11 is 0. The highest BCUT2D eigenvalue weighted by molar-refractivity contribution is 4.85. The van der Waals surface area contributed by atoms with E-state index >= 15 is 0 Å². The second-order valence-electron chi connectivity index (χ2n) is 4.38. The lowest BCUT2D eigenvalue weighted by Gasteiger charge is -2.20. The lowest BCUT2D eigenvalue weighted by molar-refractivity contribution is -0.0603. The minimum atomic E-state index is -0.0663. The molecule has 19 heavy (non-hydrogen) atoms. The van der Waals surface area contributed by atoms with Crippen LogP contribution in [-0.2, 0) is 28.4 Å². The first-order valence-electron chi connectivity index (χ1n) is 6.65. The van der Waals surface area contributed by atoms with Crippen molar-refractivity contribution >= 4 is 0 Å². The summed E-state index contributed by atoms with van der Waals surface area (Å²) in [5.41, 5.74) is 0. The van der Waals surface area contributed by atoms with E-state index in [0.29, 0.717) is 33.0 Å². The van der Waals surface area contributed by atoms with Crippen LogP contribution in [0.1, 0.15) is 6.42 Å². The Bertz CT molecular complexity index is 213. The van der Waals surface area contributed by atoms with E-state index in [0.717, 1.165) is 13.0 Å². The highest BCUT2D eigenvalue weighted by Crippen LogP contribution is 2.19. The van der Waals surface area contributed by atoms with Crippen molar-refractivity contribution in [3.05, 3.63) is 0 Å². The summed E-state index contributed by atoms with van der Waals surface area (Å²) in [7, 11) is 5.01. The maximum absolute atomic E-state index is 5.59. The van der Waals surface area contributed by atoms with Crippen molar-refractivity contribution in [2.24, 2.45) is 0 Å². The van der Waals surface area contributed by atoms with E-state index in [1.165, 1.54) is 0 Å². The van der Waals surface area contributed by atoms with Crippen molar-refractivity contribution in [3.63, 3.8) is 0 Å². The van der Waals surface area contributed by atoms with Gasteiger partial charge in [-0.3, -0.25) is 0 Å². The molecule has 1 rings (SSSR count). The van der Waals surface area contributed by atoms with E-state index in [1.54, 1.807) is 21.3 Å². The molecule has 0 aliphatic carbocycles. The van der Waals surface area contributed by atoms with Gasteiger partial charge in [0.25, 0.3) is 0 Å². The van der Waals surface area contributed by atoms with Crippen molar-refractivity contribution in [1.29, 1.82) is 0 Å². The number of methoxy groups -OCH3 is 3. The molecule has 0 aromatic carbocycles. The van der Waals surface area contributed by atoms with Crippen LogP contribution in [-0.4, -0.2) is 79.3 Å². The molecule has 0 unspecified atom stereocenters. The van der Waals surface area contributed by atoms with Gasteiger partial charge in [0.15, 0.2) is 0 Å². The van der Waals surface area contributed by atoms with Gasteiger partial charge in [-0.05, 0) is 6.42 Å². The Balaban J connectivity index is 2.00. The normalized spacial score (nSPS) is 27.0. The van der Waals surface area contributed by atoms with Gasteiger partial charge in [-0.25, -0.2) is 0 Å². The monoisotopic (exact) mass is 278 g/mol. The van der Waals surface area contributed by atoms with Crippen LogP contribution in [0, 0.1) is 0 Å². The van der Waals surface area contributed by atoms with Gasteiger partial charge in [0.2, 0.25) is 0 Å². The molecule has 0 saturated carbocycles. The molecule has 0 N–H and O–H groups in total. The molecule has 3 atom stereocenters. The molecule has 1 aliphatic rings. The van der Waals surface area contributed by atoms with E-state index in [1.807, 2.05) is 0 Å². The quantitative estimate of drug-likeness (QED) is 0.513.